The largest absolute Gasteiger partial charge is 0.456 e. The van der Waals surface area contributed by atoms with Crippen LogP contribution in [0.15, 0.2) is 0 Å². The van der Waals surface area contributed by atoms with Gasteiger partial charge in [-0.2, -0.15) is 0 Å². The molecule has 0 aliphatic heterocycles. The molecule has 0 unspecified atom stereocenters. The van der Waals surface area contributed by atoms with Crippen molar-refractivity contribution >= 4 is 49.9 Å². The SMILES string of the molecule is C[Si](C)(CCCC(CO)(CO)CCC[Si](C)(C)O[Si](C)(C)O[Si](C)(C)C)C[Si](C)(C)O[Si](C)(C)C. The fourth-order valence-electron chi connectivity index (χ4n) is 5.90. The standard InChI is InChI=1S/C24H62O5Si6/c1-30(2,3)27-34(11,12)23-32(7,8)19-15-17-24(21-25,22-26)18-16-20-33(9,10)29-35(13,14)28-31(4,5)6/h25-26H,15-23H2,1-14H3. The van der Waals surface area contributed by atoms with Gasteiger partial charge in [-0.05, 0) is 103 Å². The van der Waals surface area contributed by atoms with Gasteiger partial charge in [-0.25, -0.2) is 0 Å². The van der Waals surface area contributed by atoms with Crippen LogP contribution in [0, 0.1) is 5.41 Å². The van der Waals surface area contributed by atoms with E-state index in [0.29, 0.717) is 0 Å². The Bertz CT molecular complexity index is 573. The van der Waals surface area contributed by atoms with Crippen molar-refractivity contribution in [3.05, 3.63) is 0 Å². The number of hydrogen-bond acceptors (Lipinski definition) is 5. The van der Waals surface area contributed by atoms with E-state index >= 15 is 0 Å². The van der Waals surface area contributed by atoms with Crippen LogP contribution >= 0.6 is 0 Å². The lowest BCUT2D eigenvalue weighted by atomic mass is 9.81. The van der Waals surface area contributed by atoms with Crippen molar-refractivity contribution in [1.82, 2.24) is 0 Å². The summed E-state index contributed by atoms with van der Waals surface area (Å²) in [5.74, 6) is 0. The van der Waals surface area contributed by atoms with Crippen LogP contribution in [0.1, 0.15) is 25.7 Å². The Balaban J connectivity index is 4.91. The van der Waals surface area contributed by atoms with E-state index in [-0.39, 0.29) is 18.6 Å². The fourth-order valence-corrected chi connectivity index (χ4v) is 37.7. The molecule has 212 valence electrons. The second kappa shape index (κ2) is 13.4. The normalized spacial score (nSPS) is 15.1. The highest BCUT2D eigenvalue weighted by Crippen LogP contribution is 2.35. The molecule has 11 heteroatoms. The zero-order chi connectivity index (χ0) is 28.0. The monoisotopic (exact) mass is 598 g/mol. The third-order valence-electron chi connectivity index (χ3n) is 6.28. The van der Waals surface area contributed by atoms with E-state index in [1.54, 1.807) is 0 Å². The van der Waals surface area contributed by atoms with E-state index in [4.69, 9.17) is 12.3 Å². The smallest absolute Gasteiger partial charge is 0.311 e. The molecular weight excluding hydrogens is 537 g/mol. The van der Waals surface area contributed by atoms with Gasteiger partial charge in [-0.15, -0.1) is 0 Å². The molecule has 0 saturated heterocycles. The molecule has 0 aliphatic rings. The Morgan fingerprint density at radius 3 is 1.37 bits per heavy atom. The van der Waals surface area contributed by atoms with E-state index in [1.165, 1.54) is 11.7 Å². The van der Waals surface area contributed by atoms with Crippen LogP contribution < -0.4 is 0 Å². The molecule has 0 atom stereocenters. The molecule has 0 aromatic heterocycles. The van der Waals surface area contributed by atoms with E-state index in [2.05, 4.69) is 91.7 Å². The quantitative estimate of drug-likeness (QED) is 0.159. The molecule has 0 fully saturated rings. The van der Waals surface area contributed by atoms with Crippen molar-refractivity contribution < 1.29 is 22.6 Å². The summed E-state index contributed by atoms with van der Waals surface area (Å²) >= 11 is 0. The fraction of sp³-hybridized carbons (Fsp3) is 1.00. The summed E-state index contributed by atoms with van der Waals surface area (Å²) in [5.41, 5.74) is 0.907. The molecule has 35 heavy (non-hydrogen) atoms. The zero-order valence-electron chi connectivity index (χ0n) is 26.0. The molecule has 5 nitrogen and oxygen atoms in total. The summed E-state index contributed by atoms with van der Waals surface area (Å²) in [5, 5.41) is 20.6. The van der Waals surface area contributed by atoms with Crippen LogP contribution in [0.2, 0.25) is 109 Å². The summed E-state index contributed by atoms with van der Waals surface area (Å²) in [6.45, 7) is 32.4. The summed E-state index contributed by atoms with van der Waals surface area (Å²) in [4.78, 5) is 0. The minimum Gasteiger partial charge on any atom is -0.456 e. The maximum absolute atomic E-state index is 10.3. The lowest BCUT2D eigenvalue weighted by molar-refractivity contribution is 0.0382. The van der Waals surface area contributed by atoms with Crippen LogP contribution in [-0.4, -0.2) is 73.3 Å². The van der Waals surface area contributed by atoms with Gasteiger partial charge >= 0.3 is 8.56 Å². The van der Waals surface area contributed by atoms with Gasteiger partial charge in [-0.1, -0.05) is 32.0 Å². The van der Waals surface area contributed by atoms with Gasteiger partial charge in [-0.3, -0.25) is 0 Å². The van der Waals surface area contributed by atoms with E-state index in [1.807, 2.05) is 0 Å². The van der Waals surface area contributed by atoms with Gasteiger partial charge in [0.15, 0.2) is 33.3 Å². The van der Waals surface area contributed by atoms with Crippen LogP contribution in [-0.2, 0) is 12.3 Å². The highest BCUT2D eigenvalue weighted by atomic mass is 28.5. The van der Waals surface area contributed by atoms with Crippen molar-refractivity contribution in [1.29, 1.82) is 0 Å². The first kappa shape index (κ1) is 36.1. The van der Waals surface area contributed by atoms with Crippen molar-refractivity contribution in [3.63, 3.8) is 0 Å². The Morgan fingerprint density at radius 1 is 0.543 bits per heavy atom. The van der Waals surface area contributed by atoms with Gasteiger partial charge in [0.25, 0.3) is 0 Å². The number of aliphatic hydroxyl groups is 2. The Hall–Kier alpha value is 1.10. The first-order chi connectivity index (χ1) is 15.4. The van der Waals surface area contributed by atoms with Crippen LogP contribution in [0.4, 0.5) is 0 Å². The average Bonchev–Trinajstić information content (AvgIpc) is 2.53. The van der Waals surface area contributed by atoms with Gasteiger partial charge in [0.2, 0.25) is 0 Å². The molecule has 0 amide bonds. The van der Waals surface area contributed by atoms with Crippen LogP contribution in [0.5, 0.6) is 0 Å². The predicted octanol–water partition coefficient (Wildman–Crippen LogP) is 7.60. The molecule has 0 saturated carbocycles. The lowest BCUT2D eigenvalue weighted by Gasteiger charge is -2.38. The van der Waals surface area contributed by atoms with Crippen molar-refractivity contribution in [2.75, 3.05) is 13.2 Å². The first-order valence-electron chi connectivity index (χ1n) is 13.7. The second-order valence-electron chi connectivity index (χ2n) is 15.3. The molecule has 0 aromatic rings. The van der Waals surface area contributed by atoms with E-state index in [9.17, 15) is 10.2 Å². The molecule has 0 rings (SSSR count). The summed E-state index contributed by atoms with van der Waals surface area (Å²) in [6, 6.07) is 2.27. The Morgan fingerprint density at radius 2 is 0.971 bits per heavy atom. The highest BCUT2D eigenvalue weighted by Gasteiger charge is 2.39. The topological polar surface area (TPSA) is 68.2 Å². The molecule has 0 bridgehead atoms. The van der Waals surface area contributed by atoms with E-state index in [0.717, 1.165) is 31.7 Å². The number of rotatable bonds is 18. The number of aliphatic hydroxyl groups excluding tert-OH is 2. The highest BCUT2D eigenvalue weighted by molar-refractivity contribution is 6.96. The first-order valence-corrected chi connectivity index (χ1v) is 33.0. The zero-order valence-corrected chi connectivity index (χ0v) is 32.0. The van der Waals surface area contributed by atoms with Crippen LogP contribution in [0.3, 0.4) is 0 Å². The molecule has 0 heterocycles. The van der Waals surface area contributed by atoms with Gasteiger partial charge < -0.3 is 22.6 Å². The molecule has 0 spiro atoms. The second-order valence-corrected chi connectivity index (χ2v) is 42.8. The Labute approximate surface area is 225 Å². The maximum atomic E-state index is 10.3. The Kier molecular flexibility index (Phi) is 13.9. The molecule has 2 N–H and O–H groups in total. The van der Waals surface area contributed by atoms with Crippen molar-refractivity contribution in [3.8, 4) is 0 Å². The van der Waals surface area contributed by atoms with Gasteiger partial charge in [0.1, 0.15) is 0 Å². The summed E-state index contributed by atoms with van der Waals surface area (Å²) in [7, 11) is -10.2. The minimum absolute atomic E-state index is 0.0618. The summed E-state index contributed by atoms with van der Waals surface area (Å²) < 4.78 is 19.7. The minimum atomic E-state index is -2.14. The average molecular weight is 599 g/mol. The van der Waals surface area contributed by atoms with Gasteiger partial charge in [0.05, 0.1) is 13.2 Å². The number of hydrogen-bond donors (Lipinski definition) is 2. The van der Waals surface area contributed by atoms with Crippen molar-refractivity contribution in [2.24, 2.45) is 5.41 Å². The van der Waals surface area contributed by atoms with Crippen molar-refractivity contribution in [2.45, 2.75) is 135 Å². The summed E-state index contributed by atoms with van der Waals surface area (Å²) in [6.07, 6.45) is 3.83. The third kappa shape index (κ3) is 17.3. The lowest BCUT2D eigenvalue weighted by Crippen LogP contribution is -2.51. The predicted molar refractivity (Wildman–Crippen MR) is 169 cm³/mol. The van der Waals surface area contributed by atoms with E-state index < -0.39 is 49.9 Å². The third-order valence-corrected chi connectivity index (χ3v) is 30.0. The van der Waals surface area contributed by atoms with Gasteiger partial charge in [0, 0.05) is 13.5 Å². The molecule has 0 radical (unpaired) electrons. The molecular formula is C24H62O5Si6. The molecule has 0 aromatic carbocycles. The maximum Gasteiger partial charge on any atom is 0.311 e. The molecule has 0 aliphatic carbocycles. The van der Waals surface area contributed by atoms with Crippen LogP contribution in [0.25, 0.3) is 0 Å².